The van der Waals surface area contributed by atoms with Gasteiger partial charge in [0, 0.05) is 30.3 Å². The highest BCUT2D eigenvalue weighted by atomic mass is 19.4. The van der Waals surface area contributed by atoms with E-state index in [0.717, 1.165) is 6.07 Å². The molecule has 2 aromatic heterocycles. The van der Waals surface area contributed by atoms with E-state index in [4.69, 9.17) is 0 Å². The van der Waals surface area contributed by atoms with Gasteiger partial charge >= 0.3 is 12.4 Å². The topological polar surface area (TPSA) is 94.1 Å². The van der Waals surface area contributed by atoms with Crippen LogP contribution in [-0.2, 0) is 11.0 Å². The molecule has 0 spiro atoms. The van der Waals surface area contributed by atoms with Crippen molar-refractivity contribution < 1.29 is 36.2 Å². The van der Waals surface area contributed by atoms with E-state index in [2.05, 4.69) is 20.5 Å². The molecule has 2 atom stereocenters. The van der Waals surface area contributed by atoms with Gasteiger partial charge in [-0.05, 0) is 25.0 Å². The first-order chi connectivity index (χ1) is 14.5. The fraction of sp³-hybridized carbons (Fsp3) is 0.500. The molecule has 0 bridgehead atoms. The first-order valence-corrected chi connectivity index (χ1v) is 9.40. The van der Waals surface area contributed by atoms with Gasteiger partial charge in [0.25, 0.3) is 5.91 Å². The molecule has 1 amide bonds. The van der Waals surface area contributed by atoms with Crippen LogP contribution in [0.4, 0.5) is 38.0 Å². The smallest absolute Gasteiger partial charge is 0.382 e. The van der Waals surface area contributed by atoms with Crippen LogP contribution >= 0.6 is 0 Å². The van der Waals surface area contributed by atoms with Crippen LogP contribution in [0.15, 0.2) is 18.2 Å². The Morgan fingerprint density at radius 3 is 2.39 bits per heavy atom. The van der Waals surface area contributed by atoms with E-state index in [1.807, 2.05) is 0 Å². The summed E-state index contributed by atoms with van der Waals surface area (Å²) >= 11 is 0. The van der Waals surface area contributed by atoms with Crippen LogP contribution in [0, 0.1) is 0 Å². The molecule has 3 N–H and O–H groups in total. The van der Waals surface area contributed by atoms with Crippen molar-refractivity contribution in [2.75, 3.05) is 23.3 Å². The Hall–Kier alpha value is -2.83. The number of hydrogen-bond acceptors (Lipinski definition) is 5. The highest BCUT2D eigenvalue weighted by molar-refractivity contribution is 5.97. The van der Waals surface area contributed by atoms with Gasteiger partial charge in [-0.25, -0.2) is 4.98 Å². The first-order valence-electron chi connectivity index (χ1n) is 9.40. The van der Waals surface area contributed by atoms with Crippen molar-refractivity contribution in [3.63, 3.8) is 0 Å². The van der Waals surface area contributed by atoms with Crippen molar-refractivity contribution in [2.45, 2.75) is 43.1 Å². The average Bonchev–Trinajstić information content (AvgIpc) is 3.10. The van der Waals surface area contributed by atoms with Gasteiger partial charge in [0.05, 0.1) is 0 Å². The number of halogens is 6. The summed E-state index contributed by atoms with van der Waals surface area (Å²) in [7, 11) is 0. The second-order valence-electron chi connectivity index (χ2n) is 7.49. The first kappa shape index (κ1) is 21.4. The standard InChI is InChI=1S/C18H17F6N5O2/c19-17(20,21)9-2-1-3-10(25-9)29-6-4-8(5-7-29)13-11-12(18(22,23)24)14(30)16(31)26-15(11)28-27-13/h1-3,8,12,14,30H,4-7H2,(H2,26,27,28,31)/t12-,14-/m0/s1. The lowest BCUT2D eigenvalue weighted by molar-refractivity contribution is -0.177. The predicted molar refractivity (Wildman–Crippen MR) is 95.4 cm³/mol. The molecule has 0 aliphatic carbocycles. The molecule has 168 valence electrons. The molecule has 13 heteroatoms. The normalized spacial score (nSPS) is 22.9. The van der Waals surface area contributed by atoms with Gasteiger partial charge in [-0.15, -0.1) is 0 Å². The highest BCUT2D eigenvalue weighted by Crippen LogP contribution is 2.47. The van der Waals surface area contributed by atoms with E-state index in [1.54, 1.807) is 4.90 Å². The summed E-state index contributed by atoms with van der Waals surface area (Å²) in [5, 5.41) is 18.4. The monoisotopic (exact) mass is 449 g/mol. The molecule has 0 unspecified atom stereocenters. The summed E-state index contributed by atoms with van der Waals surface area (Å²) in [6, 6.07) is 3.56. The molecule has 2 aliphatic rings. The second-order valence-corrected chi connectivity index (χ2v) is 7.49. The van der Waals surface area contributed by atoms with Gasteiger partial charge in [0.15, 0.2) is 5.82 Å². The van der Waals surface area contributed by atoms with Gasteiger partial charge in [0.1, 0.15) is 23.5 Å². The molecule has 0 saturated carbocycles. The Bertz CT molecular complexity index is 981. The summed E-state index contributed by atoms with van der Waals surface area (Å²) in [6.45, 7) is 0.525. The number of anilines is 2. The Labute approximate surface area is 171 Å². The number of aliphatic hydroxyl groups is 1. The van der Waals surface area contributed by atoms with Crippen LogP contribution in [-0.4, -0.2) is 51.6 Å². The van der Waals surface area contributed by atoms with Crippen molar-refractivity contribution in [2.24, 2.45) is 0 Å². The Kier molecular flexibility index (Phi) is 5.10. The Balaban J connectivity index is 1.55. The second kappa shape index (κ2) is 7.39. The number of nitrogens with zero attached hydrogens (tertiary/aromatic N) is 3. The molecule has 2 aliphatic heterocycles. The van der Waals surface area contributed by atoms with Crippen LogP contribution in [0.3, 0.4) is 0 Å². The Morgan fingerprint density at radius 2 is 1.77 bits per heavy atom. The lowest BCUT2D eigenvalue weighted by atomic mass is 9.83. The molecule has 4 rings (SSSR count). The quantitative estimate of drug-likeness (QED) is 0.613. The maximum absolute atomic E-state index is 13.6. The highest BCUT2D eigenvalue weighted by Gasteiger charge is 2.53. The van der Waals surface area contributed by atoms with Gasteiger partial charge in [-0.1, -0.05) is 6.07 Å². The third kappa shape index (κ3) is 3.93. The number of alkyl halides is 6. The number of carbonyl (C=O) groups excluding carboxylic acids is 1. The number of aliphatic hydroxyl groups excluding tert-OH is 1. The van der Waals surface area contributed by atoms with E-state index in [9.17, 15) is 36.2 Å². The number of piperidine rings is 1. The number of rotatable bonds is 2. The fourth-order valence-corrected chi connectivity index (χ4v) is 4.08. The molecule has 1 fully saturated rings. The van der Waals surface area contributed by atoms with E-state index in [-0.39, 0.29) is 36.0 Å². The number of aromatic nitrogens is 3. The van der Waals surface area contributed by atoms with Gasteiger partial charge in [-0.2, -0.15) is 31.4 Å². The zero-order valence-corrected chi connectivity index (χ0v) is 15.8. The number of pyridine rings is 1. The van der Waals surface area contributed by atoms with Crippen LogP contribution in [0.1, 0.15) is 41.6 Å². The maximum atomic E-state index is 13.6. The number of carbonyl (C=O) groups is 1. The van der Waals surface area contributed by atoms with E-state index < -0.39 is 41.9 Å². The molecule has 31 heavy (non-hydrogen) atoms. The third-order valence-corrected chi connectivity index (χ3v) is 5.58. The maximum Gasteiger partial charge on any atom is 0.433 e. The summed E-state index contributed by atoms with van der Waals surface area (Å²) < 4.78 is 79.5. The molecule has 0 radical (unpaired) electrons. The van der Waals surface area contributed by atoms with Crippen LogP contribution < -0.4 is 10.2 Å². The zero-order valence-electron chi connectivity index (χ0n) is 15.8. The number of hydrogen-bond donors (Lipinski definition) is 3. The summed E-state index contributed by atoms with van der Waals surface area (Å²) in [4.78, 5) is 17.0. The van der Waals surface area contributed by atoms with E-state index in [1.165, 1.54) is 12.1 Å². The van der Waals surface area contributed by atoms with Crippen molar-refractivity contribution >= 4 is 17.5 Å². The minimum absolute atomic E-state index is 0.135. The molecular formula is C18H17F6N5O2. The molecule has 7 nitrogen and oxygen atoms in total. The van der Waals surface area contributed by atoms with Gasteiger partial charge in [-0.3, -0.25) is 9.89 Å². The van der Waals surface area contributed by atoms with Crippen LogP contribution in [0.2, 0.25) is 0 Å². The van der Waals surface area contributed by atoms with Gasteiger partial charge < -0.3 is 15.3 Å². The lowest BCUT2D eigenvalue weighted by Crippen LogP contribution is -2.44. The fourth-order valence-electron chi connectivity index (χ4n) is 4.08. The third-order valence-electron chi connectivity index (χ3n) is 5.58. The van der Waals surface area contributed by atoms with Gasteiger partial charge in [0.2, 0.25) is 0 Å². The number of fused-ring (bicyclic) bond motifs is 1. The molecular weight excluding hydrogens is 432 g/mol. The number of aromatic amines is 1. The molecule has 4 heterocycles. The van der Waals surface area contributed by atoms with Crippen LogP contribution in [0.5, 0.6) is 0 Å². The van der Waals surface area contributed by atoms with Crippen molar-refractivity contribution in [1.29, 1.82) is 0 Å². The lowest BCUT2D eigenvalue weighted by Gasteiger charge is -2.35. The molecule has 1 saturated heterocycles. The SMILES string of the molecule is O=C1Nc2n[nH]c(C3CCN(c4cccc(C(F)(F)F)n4)CC3)c2[C@H](C(F)(F)F)[C@@H]1O. The molecule has 0 aromatic carbocycles. The number of H-pyrrole nitrogens is 1. The summed E-state index contributed by atoms with van der Waals surface area (Å²) in [5.74, 6) is -4.14. The van der Waals surface area contributed by atoms with E-state index >= 15 is 0 Å². The summed E-state index contributed by atoms with van der Waals surface area (Å²) in [5.41, 5.74) is -1.16. The minimum Gasteiger partial charge on any atom is -0.382 e. The summed E-state index contributed by atoms with van der Waals surface area (Å²) in [6.07, 6.45) is -11.1. The number of nitrogens with one attached hydrogen (secondary N) is 2. The van der Waals surface area contributed by atoms with Crippen molar-refractivity contribution in [1.82, 2.24) is 15.2 Å². The zero-order chi connectivity index (χ0) is 22.6. The minimum atomic E-state index is -4.87. The van der Waals surface area contributed by atoms with Crippen LogP contribution in [0.25, 0.3) is 0 Å². The van der Waals surface area contributed by atoms with E-state index in [0.29, 0.717) is 12.8 Å². The molecule has 2 aromatic rings. The van der Waals surface area contributed by atoms with Crippen molar-refractivity contribution in [3.8, 4) is 0 Å². The Morgan fingerprint density at radius 1 is 1.10 bits per heavy atom. The average molecular weight is 449 g/mol. The number of amides is 1. The predicted octanol–water partition coefficient (Wildman–Crippen LogP) is 3.17. The largest absolute Gasteiger partial charge is 0.433 e. The van der Waals surface area contributed by atoms with Crippen molar-refractivity contribution in [3.05, 3.63) is 35.2 Å².